The van der Waals surface area contributed by atoms with Gasteiger partial charge in [-0.1, -0.05) is 13.0 Å². The van der Waals surface area contributed by atoms with Crippen molar-refractivity contribution >= 4 is 21.4 Å². The van der Waals surface area contributed by atoms with Crippen molar-refractivity contribution in [3.63, 3.8) is 0 Å². The number of hydrogen-bond acceptors (Lipinski definition) is 4. The molecule has 20 heavy (non-hydrogen) atoms. The topological polar surface area (TPSA) is 85.1 Å². The number of aryl methyl sites for hydroxylation is 1. The van der Waals surface area contributed by atoms with Crippen molar-refractivity contribution in [2.75, 3.05) is 10.5 Å². The van der Waals surface area contributed by atoms with Crippen LogP contribution >= 0.6 is 0 Å². The lowest BCUT2D eigenvalue weighted by atomic mass is 10.1. The number of nitrogens with two attached hydrogens (primary N) is 1. The van der Waals surface area contributed by atoms with Crippen molar-refractivity contribution in [2.24, 2.45) is 0 Å². The fourth-order valence-electron chi connectivity index (χ4n) is 1.72. The molecular weight excluding hydrogens is 281 g/mol. The van der Waals surface area contributed by atoms with Gasteiger partial charge in [-0.3, -0.25) is 9.71 Å². The van der Waals surface area contributed by atoms with Crippen molar-refractivity contribution in [3.05, 3.63) is 48.0 Å². The van der Waals surface area contributed by atoms with Crippen molar-refractivity contribution in [3.8, 4) is 0 Å². The van der Waals surface area contributed by atoms with Gasteiger partial charge in [0.25, 0.3) is 10.0 Å². The first-order valence-electron chi connectivity index (χ1n) is 5.95. The second-order valence-electron chi connectivity index (χ2n) is 4.18. The molecule has 0 atom stereocenters. The van der Waals surface area contributed by atoms with Crippen LogP contribution in [0.3, 0.4) is 0 Å². The van der Waals surface area contributed by atoms with E-state index < -0.39 is 15.8 Å². The highest BCUT2D eigenvalue weighted by atomic mass is 32.2. The first-order chi connectivity index (χ1) is 9.44. The number of nitrogens with zero attached hydrogens (tertiary/aromatic N) is 1. The fourth-order valence-corrected chi connectivity index (χ4v) is 2.83. The molecule has 0 unspecified atom stereocenters. The summed E-state index contributed by atoms with van der Waals surface area (Å²) >= 11 is 0. The third-order valence-electron chi connectivity index (χ3n) is 2.83. The molecular formula is C13H14FN3O2S. The summed E-state index contributed by atoms with van der Waals surface area (Å²) in [7, 11) is -3.88. The number of halogens is 1. The molecule has 0 saturated heterocycles. The number of nitrogens with one attached hydrogen (secondary N) is 1. The van der Waals surface area contributed by atoms with Crippen LogP contribution in [0.1, 0.15) is 12.5 Å². The lowest BCUT2D eigenvalue weighted by Gasteiger charge is -2.10. The molecule has 0 fully saturated rings. The minimum absolute atomic E-state index is 0.0107. The first-order valence-corrected chi connectivity index (χ1v) is 7.43. The van der Waals surface area contributed by atoms with Gasteiger partial charge in [0.05, 0.1) is 16.8 Å². The Labute approximate surface area is 116 Å². The highest BCUT2D eigenvalue weighted by Crippen LogP contribution is 2.22. The Morgan fingerprint density at radius 2 is 2.10 bits per heavy atom. The van der Waals surface area contributed by atoms with Crippen LogP contribution < -0.4 is 10.5 Å². The summed E-state index contributed by atoms with van der Waals surface area (Å²) in [6.45, 7) is 1.92. The number of nitrogen functional groups attached to an aromatic ring is 1. The average Bonchev–Trinajstić information content (AvgIpc) is 2.41. The van der Waals surface area contributed by atoms with Crippen LogP contribution in [0.25, 0.3) is 0 Å². The predicted molar refractivity (Wildman–Crippen MR) is 75.2 cm³/mol. The molecule has 106 valence electrons. The Morgan fingerprint density at radius 3 is 2.70 bits per heavy atom. The van der Waals surface area contributed by atoms with Crippen LogP contribution in [0.5, 0.6) is 0 Å². The number of pyridine rings is 1. The smallest absolute Gasteiger partial charge is 0.262 e. The van der Waals surface area contributed by atoms with Gasteiger partial charge in [0.2, 0.25) is 0 Å². The van der Waals surface area contributed by atoms with Gasteiger partial charge in [-0.15, -0.1) is 0 Å². The Hall–Kier alpha value is -2.15. The summed E-state index contributed by atoms with van der Waals surface area (Å²) in [6, 6.07) is 5.69. The van der Waals surface area contributed by atoms with Crippen LogP contribution in [0.15, 0.2) is 41.6 Å². The van der Waals surface area contributed by atoms with Crippen LogP contribution in [0.4, 0.5) is 15.8 Å². The Kier molecular flexibility index (Phi) is 3.89. The molecule has 1 aromatic carbocycles. The summed E-state index contributed by atoms with van der Waals surface area (Å²) < 4.78 is 39.9. The maximum Gasteiger partial charge on any atom is 0.262 e. The van der Waals surface area contributed by atoms with Crippen LogP contribution in [-0.4, -0.2) is 13.4 Å². The van der Waals surface area contributed by atoms with Gasteiger partial charge in [0.15, 0.2) is 5.82 Å². The molecule has 0 aliphatic rings. The Balaban J connectivity index is 2.36. The van der Waals surface area contributed by atoms with E-state index in [0.717, 1.165) is 11.8 Å². The SMILES string of the molecule is CCc1ccc(S(=O)(=O)Nc2ccncc2F)cc1N. The van der Waals surface area contributed by atoms with Crippen LogP contribution in [-0.2, 0) is 16.4 Å². The lowest BCUT2D eigenvalue weighted by Crippen LogP contribution is -2.14. The summed E-state index contributed by atoms with van der Waals surface area (Å²) in [5.74, 6) is -0.741. The monoisotopic (exact) mass is 295 g/mol. The largest absolute Gasteiger partial charge is 0.398 e. The van der Waals surface area contributed by atoms with E-state index in [0.29, 0.717) is 12.1 Å². The third kappa shape index (κ3) is 2.88. The normalized spacial score (nSPS) is 11.3. The number of hydrogen-bond donors (Lipinski definition) is 2. The summed E-state index contributed by atoms with van der Waals surface area (Å²) in [6.07, 6.45) is 2.94. The molecule has 0 spiro atoms. The summed E-state index contributed by atoms with van der Waals surface area (Å²) in [4.78, 5) is 3.54. The van der Waals surface area contributed by atoms with Crippen molar-refractivity contribution in [1.82, 2.24) is 4.98 Å². The first kappa shape index (κ1) is 14.3. The highest BCUT2D eigenvalue weighted by molar-refractivity contribution is 7.92. The van der Waals surface area contributed by atoms with E-state index >= 15 is 0 Å². The van der Waals surface area contributed by atoms with Crippen LogP contribution in [0.2, 0.25) is 0 Å². The van der Waals surface area contributed by atoms with E-state index in [1.807, 2.05) is 6.92 Å². The fraction of sp³-hybridized carbons (Fsp3) is 0.154. The molecule has 0 aliphatic heterocycles. The maximum atomic E-state index is 13.4. The van der Waals surface area contributed by atoms with Gasteiger partial charge in [0, 0.05) is 11.9 Å². The number of anilines is 2. The second-order valence-corrected chi connectivity index (χ2v) is 5.86. The summed E-state index contributed by atoms with van der Waals surface area (Å²) in [5, 5.41) is 0. The molecule has 2 rings (SSSR count). The summed E-state index contributed by atoms with van der Waals surface area (Å²) in [5.41, 5.74) is 6.88. The molecule has 2 aromatic rings. The number of benzene rings is 1. The molecule has 5 nitrogen and oxygen atoms in total. The van der Waals surface area contributed by atoms with E-state index in [9.17, 15) is 12.8 Å². The van der Waals surface area contributed by atoms with Gasteiger partial charge in [-0.05, 0) is 30.2 Å². The van der Waals surface area contributed by atoms with Crippen molar-refractivity contribution in [2.45, 2.75) is 18.2 Å². The zero-order valence-electron chi connectivity index (χ0n) is 10.8. The molecule has 0 bridgehead atoms. The van der Waals surface area contributed by atoms with E-state index in [2.05, 4.69) is 9.71 Å². The van der Waals surface area contributed by atoms with Gasteiger partial charge in [0.1, 0.15) is 0 Å². The minimum Gasteiger partial charge on any atom is -0.398 e. The van der Waals surface area contributed by atoms with Crippen molar-refractivity contribution < 1.29 is 12.8 Å². The van der Waals surface area contributed by atoms with E-state index in [4.69, 9.17) is 5.73 Å². The quantitative estimate of drug-likeness (QED) is 0.846. The van der Waals surface area contributed by atoms with Gasteiger partial charge in [-0.25, -0.2) is 12.8 Å². The van der Waals surface area contributed by atoms with Gasteiger partial charge in [-0.2, -0.15) is 0 Å². The molecule has 1 heterocycles. The zero-order valence-corrected chi connectivity index (χ0v) is 11.6. The number of sulfonamides is 1. The predicted octanol–water partition coefficient (Wildman–Crippen LogP) is 2.17. The lowest BCUT2D eigenvalue weighted by molar-refractivity contribution is 0.598. The van der Waals surface area contributed by atoms with Gasteiger partial charge < -0.3 is 5.73 Å². The van der Waals surface area contributed by atoms with E-state index in [1.54, 1.807) is 6.07 Å². The molecule has 1 aromatic heterocycles. The molecule has 0 amide bonds. The Bertz CT molecular complexity index is 732. The van der Waals surface area contributed by atoms with Gasteiger partial charge >= 0.3 is 0 Å². The minimum atomic E-state index is -3.88. The number of aromatic nitrogens is 1. The zero-order chi connectivity index (χ0) is 14.8. The molecule has 3 N–H and O–H groups in total. The van der Waals surface area contributed by atoms with Crippen LogP contribution in [0, 0.1) is 5.82 Å². The second kappa shape index (κ2) is 5.46. The molecule has 0 radical (unpaired) electrons. The van der Waals surface area contributed by atoms with Crippen molar-refractivity contribution in [1.29, 1.82) is 0 Å². The molecule has 7 heteroatoms. The molecule has 0 aliphatic carbocycles. The number of rotatable bonds is 4. The standard InChI is InChI=1S/C13H14FN3O2S/c1-2-9-3-4-10(7-12(9)15)20(18,19)17-13-5-6-16-8-11(13)14/h3-8H,2,15H2,1H3,(H,16,17). The molecule has 0 saturated carbocycles. The Morgan fingerprint density at radius 1 is 1.35 bits per heavy atom. The average molecular weight is 295 g/mol. The maximum absolute atomic E-state index is 13.4. The van der Waals surface area contributed by atoms with E-state index in [1.165, 1.54) is 24.4 Å². The van der Waals surface area contributed by atoms with E-state index in [-0.39, 0.29) is 10.6 Å². The highest BCUT2D eigenvalue weighted by Gasteiger charge is 2.17. The third-order valence-corrected chi connectivity index (χ3v) is 4.19.